The molecule has 1 aliphatic carbocycles. The Kier molecular flexibility index (Phi) is 6.43. The summed E-state index contributed by atoms with van der Waals surface area (Å²) in [7, 11) is 0. The number of rotatable bonds is 6. The molecule has 4 atom stereocenters. The lowest BCUT2D eigenvalue weighted by atomic mass is 9.81. The van der Waals surface area contributed by atoms with Gasteiger partial charge in [0.25, 0.3) is 0 Å². The molecule has 1 N–H and O–H groups in total. The van der Waals surface area contributed by atoms with Crippen molar-refractivity contribution < 1.29 is 9.84 Å². The van der Waals surface area contributed by atoms with Crippen LogP contribution >= 0.6 is 0 Å². The van der Waals surface area contributed by atoms with E-state index in [1.807, 2.05) is 6.92 Å². The zero-order valence-electron chi connectivity index (χ0n) is 15.5. The van der Waals surface area contributed by atoms with E-state index < -0.39 is 6.10 Å². The molecule has 1 fully saturated rings. The molecule has 0 aromatic heterocycles. The van der Waals surface area contributed by atoms with Gasteiger partial charge in [-0.05, 0) is 36.3 Å². The van der Waals surface area contributed by atoms with Crippen LogP contribution in [0.25, 0.3) is 4.85 Å². The van der Waals surface area contributed by atoms with E-state index in [1.54, 1.807) is 0 Å². The van der Waals surface area contributed by atoms with E-state index in [0.29, 0.717) is 6.42 Å². The van der Waals surface area contributed by atoms with Gasteiger partial charge >= 0.3 is 0 Å². The molecule has 3 heteroatoms. The van der Waals surface area contributed by atoms with E-state index in [0.717, 1.165) is 26.1 Å². The Balaban J connectivity index is 2.16. The average Bonchev–Trinajstić information content (AvgIpc) is 2.86. The van der Waals surface area contributed by atoms with Crippen molar-refractivity contribution in [1.82, 2.24) is 0 Å². The van der Waals surface area contributed by atoms with Gasteiger partial charge in [-0.25, -0.2) is 6.57 Å². The summed E-state index contributed by atoms with van der Waals surface area (Å²) in [5.74, 6) is 0.290. The summed E-state index contributed by atoms with van der Waals surface area (Å²) in [6.07, 6.45) is 2.07. The molecule has 0 spiro atoms. The molecule has 3 nitrogen and oxygen atoms in total. The molecule has 1 aliphatic rings. The minimum Gasteiger partial charge on any atom is -0.392 e. The number of hydrogen-bond acceptors (Lipinski definition) is 2. The number of aliphatic hydroxyl groups excluding tert-OH is 1. The molecule has 0 amide bonds. The predicted molar refractivity (Wildman–Crippen MR) is 98.1 cm³/mol. The van der Waals surface area contributed by atoms with E-state index in [-0.39, 0.29) is 23.3 Å². The van der Waals surface area contributed by atoms with Crippen LogP contribution in [0.15, 0.2) is 24.3 Å². The van der Waals surface area contributed by atoms with E-state index in [2.05, 4.69) is 49.9 Å². The molecular formula is C21H31NO2. The standard InChI is InChI=1S/C21H31NO2/c1-6-24-13-7-8-17-18(22-5)14-19(23)20(17)15-9-11-16(12-10-15)21(2,3)4/h9-12,17-20,23H,6-8,13-14H2,1-4H3/t17?,18-,19-,20?/m1/s1. The fourth-order valence-corrected chi connectivity index (χ4v) is 3.85. The maximum Gasteiger partial charge on any atom is 0.229 e. The molecule has 1 saturated carbocycles. The first-order valence-electron chi connectivity index (χ1n) is 9.11. The average molecular weight is 329 g/mol. The first kappa shape index (κ1) is 19.0. The van der Waals surface area contributed by atoms with Gasteiger partial charge in [-0.1, -0.05) is 45.0 Å². The summed E-state index contributed by atoms with van der Waals surface area (Å²) >= 11 is 0. The number of aliphatic hydroxyl groups is 1. The lowest BCUT2D eigenvalue weighted by molar-refractivity contribution is 0.131. The molecule has 0 radical (unpaired) electrons. The van der Waals surface area contributed by atoms with Crippen molar-refractivity contribution >= 4 is 0 Å². The number of benzene rings is 1. The highest BCUT2D eigenvalue weighted by molar-refractivity contribution is 5.32. The van der Waals surface area contributed by atoms with Gasteiger partial charge in [0.05, 0.1) is 6.10 Å². The normalized spacial score (nSPS) is 27.2. The zero-order valence-corrected chi connectivity index (χ0v) is 15.5. The van der Waals surface area contributed by atoms with Gasteiger partial charge < -0.3 is 14.7 Å². The number of ether oxygens (including phenoxy) is 1. The summed E-state index contributed by atoms with van der Waals surface area (Å²) in [4.78, 5) is 3.80. The van der Waals surface area contributed by atoms with Crippen LogP contribution < -0.4 is 0 Å². The molecule has 0 heterocycles. The molecule has 0 bridgehead atoms. The first-order chi connectivity index (χ1) is 11.4. The van der Waals surface area contributed by atoms with Crippen LogP contribution in [0.1, 0.15) is 64.0 Å². The molecule has 24 heavy (non-hydrogen) atoms. The van der Waals surface area contributed by atoms with Crippen molar-refractivity contribution in [3.8, 4) is 0 Å². The van der Waals surface area contributed by atoms with E-state index >= 15 is 0 Å². The van der Waals surface area contributed by atoms with Crippen LogP contribution in [0.4, 0.5) is 0 Å². The molecule has 2 unspecified atom stereocenters. The van der Waals surface area contributed by atoms with E-state index in [4.69, 9.17) is 11.3 Å². The Hall–Kier alpha value is -1.37. The highest BCUT2D eigenvalue weighted by atomic mass is 16.5. The summed E-state index contributed by atoms with van der Waals surface area (Å²) in [5, 5.41) is 10.6. The molecular weight excluding hydrogens is 298 g/mol. The van der Waals surface area contributed by atoms with Gasteiger partial charge in [-0.3, -0.25) is 0 Å². The largest absolute Gasteiger partial charge is 0.392 e. The predicted octanol–water partition coefficient (Wildman–Crippen LogP) is 4.55. The van der Waals surface area contributed by atoms with Crippen molar-refractivity contribution in [2.45, 2.75) is 70.4 Å². The minimum absolute atomic E-state index is 0.0692. The smallest absolute Gasteiger partial charge is 0.229 e. The van der Waals surface area contributed by atoms with Gasteiger partial charge in [0.2, 0.25) is 6.04 Å². The third-order valence-electron chi connectivity index (χ3n) is 5.21. The molecule has 1 aromatic rings. The third-order valence-corrected chi connectivity index (χ3v) is 5.21. The van der Waals surface area contributed by atoms with Gasteiger partial charge in [0.1, 0.15) is 0 Å². The summed E-state index contributed by atoms with van der Waals surface area (Å²) in [6, 6.07) is 8.57. The van der Waals surface area contributed by atoms with Crippen molar-refractivity contribution in [3.05, 3.63) is 46.8 Å². The second kappa shape index (κ2) is 8.14. The number of nitrogens with zero attached hydrogens (tertiary/aromatic N) is 1. The van der Waals surface area contributed by atoms with Gasteiger partial charge in [-0.2, -0.15) is 0 Å². The highest BCUT2D eigenvalue weighted by Crippen LogP contribution is 2.44. The SMILES string of the molecule is [C-]#[N+][C@@H]1C[C@@H](O)C(c2ccc(C(C)(C)C)cc2)C1CCCOCC. The Labute approximate surface area is 146 Å². The van der Waals surface area contributed by atoms with Crippen molar-refractivity contribution in [2.24, 2.45) is 5.92 Å². The molecule has 1 aromatic carbocycles. The molecule has 132 valence electrons. The monoisotopic (exact) mass is 329 g/mol. The quantitative estimate of drug-likeness (QED) is 0.613. The second-order valence-electron chi connectivity index (χ2n) is 7.90. The van der Waals surface area contributed by atoms with Gasteiger partial charge in [0.15, 0.2) is 0 Å². The Morgan fingerprint density at radius 3 is 2.46 bits per heavy atom. The van der Waals surface area contributed by atoms with Crippen LogP contribution in [-0.4, -0.2) is 30.5 Å². The lowest BCUT2D eigenvalue weighted by Crippen LogP contribution is -2.20. The summed E-state index contributed by atoms with van der Waals surface area (Å²) in [5.41, 5.74) is 2.60. The fraction of sp³-hybridized carbons (Fsp3) is 0.667. The molecule has 0 saturated heterocycles. The van der Waals surface area contributed by atoms with Crippen molar-refractivity contribution in [3.63, 3.8) is 0 Å². The summed E-state index contributed by atoms with van der Waals surface area (Å²) < 4.78 is 5.44. The maximum absolute atomic E-state index is 10.6. The first-order valence-corrected chi connectivity index (χ1v) is 9.11. The van der Waals surface area contributed by atoms with Crippen molar-refractivity contribution in [1.29, 1.82) is 0 Å². The van der Waals surface area contributed by atoms with Gasteiger partial charge in [0, 0.05) is 31.5 Å². The van der Waals surface area contributed by atoms with Crippen LogP contribution in [0, 0.1) is 12.5 Å². The highest BCUT2D eigenvalue weighted by Gasteiger charge is 2.46. The summed E-state index contributed by atoms with van der Waals surface area (Å²) in [6.45, 7) is 17.6. The Morgan fingerprint density at radius 1 is 1.25 bits per heavy atom. The lowest BCUT2D eigenvalue weighted by Gasteiger charge is -2.24. The van der Waals surface area contributed by atoms with Crippen LogP contribution in [0.5, 0.6) is 0 Å². The van der Waals surface area contributed by atoms with E-state index in [1.165, 1.54) is 11.1 Å². The molecule has 0 aliphatic heterocycles. The minimum atomic E-state index is -0.415. The molecule has 2 rings (SSSR count). The third kappa shape index (κ3) is 4.37. The Bertz CT molecular complexity index is 553. The second-order valence-corrected chi connectivity index (χ2v) is 7.90. The topological polar surface area (TPSA) is 33.8 Å². The maximum atomic E-state index is 10.6. The van der Waals surface area contributed by atoms with E-state index in [9.17, 15) is 5.11 Å². The van der Waals surface area contributed by atoms with Crippen LogP contribution in [-0.2, 0) is 10.2 Å². The van der Waals surface area contributed by atoms with Crippen molar-refractivity contribution in [2.75, 3.05) is 13.2 Å². The number of hydrogen-bond donors (Lipinski definition) is 1. The van der Waals surface area contributed by atoms with Crippen LogP contribution in [0.3, 0.4) is 0 Å². The Morgan fingerprint density at radius 2 is 1.92 bits per heavy atom. The fourth-order valence-electron chi connectivity index (χ4n) is 3.85. The van der Waals surface area contributed by atoms with Crippen LogP contribution in [0.2, 0.25) is 0 Å². The zero-order chi connectivity index (χ0) is 17.7. The van der Waals surface area contributed by atoms with Gasteiger partial charge in [-0.15, -0.1) is 0 Å².